The Morgan fingerprint density at radius 1 is 1.08 bits per heavy atom. The second-order valence-corrected chi connectivity index (χ2v) is 2.61. The maximum Gasteiger partial charge on any atom is 0.218 e. The number of hydrogen-bond donors (Lipinski definition) is 0. The number of aromatic nitrogens is 1. The average molecular weight is 171 g/mol. The molecule has 2 aromatic rings. The number of oxazole rings is 1. The molecule has 0 aliphatic rings. The maximum absolute atomic E-state index is 5.06. The van der Waals surface area contributed by atoms with E-state index in [1.54, 1.807) is 12.5 Å². The van der Waals surface area contributed by atoms with E-state index in [1.807, 2.05) is 42.5 Å². The molecule has 0 saturated heterocycles. The largest absolute Gasteiger partial charge is 0.445 e. The van der Waals surface area contributed by atoms with Crippen molar-refractivity contribution in [3.63, 3.8) is 0 Å². The van der Waals surface area contributed by atoms with Crippen molar-refractivity contribution < 1.29 is 4.42 Å². The number of hydrogen-bond acceptors (Lipinski definition) is 2. The van der Waals surface area contributed by atoms with Crippen molar-refractivity contribution in [3.05, 3.63) is 54.2 Å². The van der Waals surface area contributed by atoms with E-state index in [4.69, 9.17) is 4.42 Å². The Kier molecular flexibility index (Phi) is 2.23. The van der Waals surface area contributed by atoms with Gasteiger partial charge in [0.05, 0.1) is 6.20 Å². The second kappa shape index (κ2) is 3.72. The molecule has 0 saturated carbocycles. The Bertz CT molecular complexity index is 376. The molecule has 0 unspecified atom stereocenters. The fourth-order valence-electron chi connectivity index (χ4n) is 1.05. The van der Waals surface area contributed by atoms with Gasteiger partial charge in [0, 0.05) is 6.08 Å². The van der Waals surface area contributed by atoms with E-state index < -0.39 is 0 Å². The van der Waals surface area contributed by atoms with Crippen LogP contribution in [-0.2, 0) is 0 Å². The molecule has 1 aromatic carbocycles. The summed E-state index contributed by atoms with van der Waals surface area (Å²) >= 11 is 0. The summed E-state index contributed by atoms with van der Waals surface area (Å²) in [7, 11) is 0. The fraction of sp³-hybridized carbons (Fsp3) is 0. The monoisotopic (exact) mass is 171 g/mol. The molecular formula is C11H9NO. The minimum absolute atomic E-state index is 0.629. The summed E-state index contributed by atoms with van der Waals surface area (Å²) in [5.41, 5.74) is 1.14. The zero-order valence-corrected chi connectivity index (χ0v) is 7.05. The highest BCUT2D eigenvalue weighted by atomic mass is 16.3. The van der Waals surface area contributed by atoms with Crippen LogP contribution < -0.4 is 0 Å². The Hall–Kier alpha value is -1.83. The lowest BCUT2D eigenvalue weighted by atomic mass is 10.2. The molecule has 2 nitrogen and oxygen atoms in total. The van der Waals surface area contributed by atoms with E-state index in [0.29, 0.717) is 5.89 Å². The first kappa shape index (κ1) is 7.80. The Labute approximate surface area is 76.5 Å². The van der Waals surface area contributed by atoms with Crippen molar-refractivity contribution in [1.29, 1.82) is 0 Å². The van der Waals surface area contributed by atoms with Gasteiger partial charge in [-0.15, -0.1) is 0 Å². The van der Waals surface area contributed by atoms with Gasteiger partial charge in [0.1, 0.15) is 6.26 Å². The van der Waals surface area contributed by atoms with E-state index in [0.717, 1.165) is 5.56 Å². The van der Waals surface area contributed by atoms with Gasteiger partial charge in [0.15, 0.2) is 0 Å². The standard InChI is InChI=1S/C11H9NO/c1-2-4-10(5-3-1)6-7-11-12-8-9-13-11/h1-9H. The van der Waals surface area contributed by atoms with Gasteiger partial charge in [-0.25, -0.2) is 4.98 Å². The number of rotatable bonds is 2. The lowest BCUT2D eigenvalue weighted by Crippen LogP contribution is -1.70. The van der Waals surface area contributed by atoms with Gasteiger partial charge in [-0.3, -0.25) is 0 Å². The van der Waals surface area contributed by atoms with Gasteiger partial charge >= 0.3 is 0 Å². The third-order valence-corrected chi connectivity index (χ3v) is 1.67. The van der Waals surface area contributed by atoms with Gasteiger partial charge in [-0.1, -0.05) is 30.3 Å². The summed E-state index contributed by atoms with van der Waals surface area (Å²) in [5.74, 6) is 0.629. The molecule has 0 atom stereocenters. The average Bonchev–Trinajstić information content (AvgIpc) is 2.69. The van der Waals surface area contributed by atoms with Gasteiger partial charge in [0.25, 0.3) is 0 Å². The lowest BCUT2D eigenvalue weighted by Gasteiger charge is -1.88. The molecular weight excluding hydrogens is 162 g/mol. The van der Waals surface area contributed by atoms with Crippen LogP contribution in [0.25, 0.3) is 12.2 Å². The van der Waals surface area contributed by atoms with Crippen LogP contribution in [0, 0.1) is 0 Å². The molecule has 0 radical (unpaired) electrons. The molecule has 0 spiro atoms. The van der Waals surface area contributed by atoms with Crippen LogP contribution in [0.15, 0.2) is 47.2 Å². The first-order valence-corrected chi connectivity index (χ1v) is 4.08. The Morgan fingerprint density at radius 2 is 1.92 bits per heavy atom. The number of nitrogens with zero attached hydrogens (tertiary/aromatic N) is 1. The van der Waals surface area contributed by atoms with E-state index in [2.05, 4.69) is 4.98 Å². The Balaban J connectivity index is 2.15. The molecule has 0 fully saturated rings. The highest BCUT2D eigenvalue weighted by Gasteiger charge is 1.88. The molecule has 1 aromatic heterocycles. The molecule has 0 aliphatic heterocycles. The Morgan fingerprint density at radius 3 is 2.62 bits per heavy atom. The first-order chi connectivity index (χ1) is 6.45. The highest BCUT2D eigenvalue weighted by molar-refractivity contribution is 5.65. The lowest BCUT2D eigenvalue weighted by molar-refractivity contribution is 0.547. The van der Waals surface area contributed by atoms with E-state index in [-0.39, 0.29) is 0 Å². The predicted molar refractivity (Wildman–Crippen MR) is 51.9 cm³/mol. The van der Waals surface area contributed by atoms with Gasteiger partial charge in [0.2, 0.25) is 5.89 Å². The van der Waals surface area contributed by atoms with Crippen LogP contribution in [0.3, 0.4) is 0 Å². The second-order valence-electron chi connectivity index (χ2n) is 2.61. The summed E-state index contributed by atoms with van der Waals surface area (Å²) in [4.78, 5) is 3.98. The molecule has 2 heteroatoms. The predicted octanol–water partition coefficient (Wildman–Crippen LogP) is 2.85. The van der Waals surface area contributed by atoms with E-state index in [1.165, 1.54) is 0 Å². The van der Waals surface area contributed by atoms with Gasteiger partial charge in [-0.2, -0.15) is 0 Å². The smallest absolute Gasteiger partial charge is 0.218 e. The third-order valence-electron chi connectivity index (χ3n) is 1.67. The van der Waals surface area contributed by atoms with Crippen molar-refractivity contribution in [2.24, 2.45) is 0 Å². The van der Waals surface area contributed by atoms with Crippen LogP contribution in [-0.4, -0.2) is 4.98 Å². The molecule has 64 valence electrons. The topological polar surface area (TPSA) is 26.0 Å². The summed E-state index contributed by atoms with van der Waals surface area (Å²) in [5, 5.41) is 0. The highest BCUT2D eigenvalue weighted by Crippen LogP contribution is 2.05. The van der Waals surface area contributed by atoms with Gasteiger partial charge < -0.3 is 4.42 Å². The zero-order chi connectivity index (χ0) is 8.93. The van der Waals surface area contributed by atoms with Crippen molar-refractivity contribution in [2.75, 3.05) is 0 Å². The molecule has 1 heterocycles. The minimum Gasteiger partial charge on any atom is -0.445 e. The van der Waals surface area contributed by atoms with Crippen molar-refractivity contribution in [1.82, 2.24) is 4.98 Å². The number of benzene rings is 1. The normalized spacial score (nSPS) is 10.8. The zero-order valence-electron chi connectivity index (χ0n) is 7.05. The first-order valence-electron chi connectivity index (χ1n) is 4.08. The third kappa shape index (κ3) is 2.06. The summed E-state index contributed by atoms with van der Waals surface area (Å²) in [6, 6.07) is 10.0. The SMILES string of the molecule is C(=Cc1ncco1)c1ccccc1. The maximum atomic E-state index is 5.06. The molecule has 0 bridgehead atoms. The molecule has 2 rings (SSSR count). The molecule has 13 heavy (non-hydrogen) atoms. The van der Waals surface area contributed by atoms with Crippen LogP contribution in [0.5, 0.6) is 0 Å². The summed E-state index contributed by atoms with van der Waals surface area (Å²) in [6.45, 7) is 0. The molecule has 0 aliphatic carbocycles. The van der Waals surface area contributed by atoms with Crippen molar-refractivity contribution in [2.45, 2.75) is 0 Å². The van der Waals surface area contributed by atoms with Crippen LogP contribution in [0.1, 0.15) is 11.5 Å². The van der Waals surface area contributed by atoms with Crippen molar-refractivity contribution in [3.8, 4) is 0 Å². The summed E-state index contributed by atoms with van der Waals surface area (Å²) < 4.78 is 5.06. The molecule has 0 amide bonds. The molecule has 0 N–H and O–H groups in total. The van der Waals surface area contributed by atoms with Crippen LogP contribution in [0.4, 0.5) is 0 Å². The van der Waals surface area contributed by atoms with Crippen LogP contribution in [0.2, 0.25) is 0 Å². The fourth-order valence-corrected chi connectivity index (χ4v) is 1.05. The van der Waals surface area contributed by atoms with E-state index in [9.17, 15) is 0 Å². The summed E-state index contributed by atoms with van der Waals surface area (Å²) in [6.07, 6.45) is 7.00. The van der Waals surface area contributed by atoms with E-state index >= 15 is 0 Å². The van der Waals surface area contributed by atoms with Crippen LogP contribution >= 0.6 is 0 Å². The quantitative estimate of drug-likeness (QED) is 0.694. The van der Waals surface area contributed by atoms with Gasteiger partial charge in [-0.05, 0) is 11.6 Å². The van der Waals surface area contributed by atoms with Crippen molar-refractivity contribution >= 4 is 12.2 Å². The minimum atomic E-state index is 0.629.